The maximum Gasteiger partial charge on any atom is 0.250 e. The molecule has 0 unspecified atom stereocenters. The minimum atomic E-state index is -0.400. The summed E-state index contributed by atoms with van der Waals surface area (Å²) in [6, 6.07) is 14.7. The third-order valence-electron chi connectivity index (χ3n) is 3.71. The summed E-state index contributed by atoms with van der Waals surface area (Å²) in [5.41, 5.74) is 13.1. The van der Waals surface area contributed by atoms with Crippen LogP contribution in [0.1, 0.15) is 20.7 Å². The zero-order chi connectivity index (χ0) is 17.1. The first-order chi connectivity index (χ1) is 11.6. The summed E-state index contributed by atoms with van der Waals surface area (Å²) in [6.07, 6.45) is 3.58. The van der Waals surface area contributed by atoms with Gasteiger partial charge in [0.1, 0.15) is 0 Å². The van der Waals surface area contributed by atoms with E-state index in [0.29, 0.717) is 11.1 Å². The van der Waals surface area contributed by atoms with Crippen LogP contribution in [0.15, 0.2) is 60.9 Å². The minimum absolute atomic E-state index is 0. The van der Waals surface area contributed by atoms with Gasteiger partial charge in [-0.2, -0.15) is 0 Å². The lowest BCUT2D eigenvalue weighted by Gasteiger charge is -1.96. The Morgan fingerprint density at radius 3 is 1.44 bits per heavy atom. The first kappa shape index (κ1) is 18.1. The van der Waals surface area contributed by atoms with Crippen molar-refractivity contribution < 1.29 is 9.59 Å². The summed E-state index contributed by atoms with van der Waals surface area (Å²) in [7, 11) is 0. The molecular formula is C18H17ClN4O2. The number of para-hydroxylation sites is 2. The van der Waals surface area contributed by atoms with Crippen LogP contribution in [-0.4, -0.2) is 21.8 Å². The van der Waals surface area contributed by atoms with Gasteiger partial charge in [-0.1, -0.05) is 24.3 Å². The first-order valence-electron chi connectivity index (χ1n) is 7.29. The lowest BCUT2D eigenvalue weighted by molar-refractivity contribution is 0.0993. The van der Waals surface area contributed by atoms with Gasteiger partial charge in [0, 0.05) is 23.2 Å². The van der Waals surface area contributed by atoms with Crippen molar-refractivity contribution in [2.45, 2.75) is 0 Å². The Morgan fingerprint density at radius 2 is 1.08 bits per heavy atom. The molecule has 2 heterocycles. The second kappa shape index (κ2) is 7.55. The smallest absolute Gasteiger partial charge is 0.250 e. The number of H-pyrrole nitrogens is 2. The molecule has 6 nitrogen and oxygen atoms in total. The zero-order valence-corrected chi connectivity index (χ0v) is 14.0. The molecule has 0 aliphatic carbocycles. The van der Waals surface area contributed by atoms with Crippen molar-refractivity contribution in [3.63, 3.8) is 0 Å². The normalized spacial score (nSPS) is 9.92. The summed E-state index contributed by atoms with van der Waals surface area (Å²) < 4.78 is 0. The van der Waals surface area contributed by atoms with Crippen molar-refractivity contribution in [1.82, 2.24) is 9.97 Å². The monoisotopic (exact) mass is 356 g/mol. The second-order valence-electron chi connectivity index (χ2n) is 5.22. The topological polar surface area (TPSA) is 118 Å². The van der Waals surface area contributed by atoms with Crippen LogP contribution < -0.4 is 11.5 Å². The van der Waals surface area contributed by atoms with Crippen molar-refractivity contribution in [2.24, 2.45) is 11.5 Å². The van der Waals surface area contributed by atoms with Gasteiger partial charge >= 0.3 is 0 Å². The van der Waals surface area contributed by atoms with Crippen LogP contribution >= 0.6 is 12.4 Å². The lowest BCUT2D eigenvalue weighted by Crippen LogP contribution is -2.11. The maximum atomic E-state index is 10.9. The summed E-state index contributed by atoms with van der Waals surface area (Å²) in [5.74, 6) is -0.800. The molecule has 6 N–H and O–H groups in total. The number of aromatic nitrogens is 2. The lowest BCUT2D eigenvalue weighted by atomic mass is 10.1. The standard InChI is InChI=1S/2C9H8N2O.ClH/c2*10-9(12)7-3-1-2-6-4-5-11-8(6)7;/h2*1-5,11H,(H2,10,12);1H. The van der Waals surface area contributed by atoms with Crippen molar-refractivity contribution in [3.8, 4) is 0 Å². The number of halogens is 1. The predicted octanol–water partition coefficient (Wildman–Crippen LogP) is 2.96. The Bertz CT molecular complexity index is 952. The number of carbonyl (C=O) groups excluding carboxylic acids is 2. The van der Waals surface area contributed by atoms with E-state index in [1.54, 1.807) is 24.5 Å². The molecule has 2 aromatic heterocycles. The highest BCUT2D eigenvalue weighted by Crippen LogP contribution is 2.16. The molecule has 0 radical (unpaired) electrons. The highest BCUT2D eigenvalue weighted by Gasteiger charge is 2.06. The van der Waals surface area contributed by atoms with Crippen molar-refractivity contribution in [1.29, 1.82) is 0 Å². The van der Waals surface area contributed by atoms with E-state index >= 15 is 0 Å². The molecule has 0 fully saturated rings. The van der Waals surface area contributed by atoms with Crippen molar-refractivity contribution in [2.75, 3.05) is 0 Å². The number of benzene rings is 2. The molecule has 4 rings (SSSR count). The predicted molar refractivity (Wildman–Crippen MR) is 101 cm³/mol. The number of carbonyl (C=O) groups is 2. The van der Waals surface area contributed by atoms with Crippen LogP contribution in [-0.2, 0) is 0 Å². The third kappa shape index (κ3) is 3.64. The molecule has 0 saturated carbocycles. The number of aromatic amines is 2. The first-order valence-corrected chi connectivity index (χ1v) is 7.29. The fourth-order valence-electron chi connectivity index (χ4n) is 2.58. The summed E-state index contributed by atoms with van der Waals surface area (Å²) in [5, 5.41) is 2.01. The van der Waals surface area contributed by atoms with Gasteiger partial charge in [0.15, 0.2) is 0 Å². The molecule has 0 spiro atoms. The molecule has 7 heteroatoms. The molecule has 0 bridgehead atoms. The van der Waals surface area contributed by atoms with E-state index < -0.39 is 11.8 Å². The van der Waals surface area contributed by atoms with Gasteiger partial charge in [-0.15, -0.1) is 12.4 Å². The minimum Gasteiger partial charge on any atom is -0.366 e. The molecule has 0 aliphatic heterocycles. The second-order valence-corrected chi connectivity index (χ2v) is 5.22. The number of primary amides is 2. The Morgan fingerprint density at radius 1 is 0.680 bits per heavy atom. The summed E-state index contributed by atoms with van der Waals surface area (Å²) in [4.78, 5) is 27.8. The fraction of sp³-hybridized carbons (Fsp3) is 0. The average molecular weight is 357 g/mol. The Kier molecular flexibility index (Phi) is 5.46. The highest BCUT2D eigenvalue weighted by molar-refractivity contribution is 6.05. The molecule has 0 atom stereocenters. The van der Waals surface area contributed by atoms with Crippen LogP contribution in [0.2, 0.25) is 0 Å². The summed E-state index contributed by atoms with van der Waals surface area (Å²) >= 11 is 0. The average Bonchev–Trinajstić information content (AvgIpc) is 3.23. The van der Waals surface area contributed by atoms with Gasteiger partial charge in [0.05, 0.1) is 22.2 Å². The number of rotatable bonds is 2. The van der Waals surface area contributed by atoms with Crippen molar-refractivity contribution in [3.05, 3.63) is 72.1 Å². The van der Waals surface area contributed by atoms with Gasteiger partial charge in [0.2, 0.25) is 0 Å². The van der Waals surface area contributed by atoms with E-state index in [4.69, 9.17) is 11.5 Å². The number of nitrogens with one attached hydrogen (secondary N) is 2. The van der Waals surface area contributed by atoms with Crippen LogP contribution in [0.5, 0.6) is 0 Å². The Balaban J connectivity index is 0.000000173. The van der Waals surface area contributed by atoms with Crippen LogP contribution in [0.25, 0.3) is 21.8 Å². The van der Waals surface area contributed by atoms with Gasteiger partial charge in [0.25, 0.3) is 11.8 Å². The quantitative estimate of drug-likeness (QED) is 0.442. The molecule has 4 aromatic rings. The third-order valence-corrected chi connectivity index (χ3v) is 3.71. The molecule has 25 heavy (non-hydrogen) atoms. The van der Waals surface area contributed by atoms with Gasteiger partial charge in [-0.3, -0.25) is 9.59 Å². The van der Waals surface area contributed by atoms with Crippen LogP contribution in [0.3, 0.4) is 0 Å². The van der Waals surface area contributed by atoms with Gasteiger partial charge in [-0.05, 0) is 24.3 Å². The van der Waals surface area contributed by atoms with E-state index in [1.807, 2.05) is 36.4 Å². The largest absolute Gasteiger partial charge is 0.366 e. The number of nitrogens with two attached hydrogens (primary N) is 2. The van der Waals surface area contributed by atoms with Crippen molar-refractivity contribution >= 4 is 46.0 Å². The summed E-state index contributed by atoms with van der Waals surface area (Å²) in [6.45, 7) is 0. The number of hydrogen-bond acceptors (Lipinski definition) is 2. The Labute approximate surface area is 149 Å². The van der Waals surface area contributed by atoms with Crippen LogP contribution in [0, 0.1) is 0 Å². The molecule has 2 amide bonds. The molecule has 0 aliphatic rings. The number of fused-ring (bicyclic) bond motifs is 2. The highest BCUT2D eigenvalue weighted by atomic mass is 35.5. The molecular weight excluding hydrogens is 340 g/mol. The van der Waals surface area contributed by atoms with Gasteiger partial charge in [-0.25, -0.2) is 0 Å². The van der Waals surface area contributed by atoms with E-state index in [-0.39, 0.29) is 12.4 Å². The SMILES string of the molecule is Cl.NC(=O)c1cccc2cc[nH]c12.NC(=O)c1cccc2cc[nH]c12. The van der Waals surface area contributed by atoms with E-state index in [1.165, 1.54) is 0 Å². The van der Waals surface area contributed by atoms with E-state index in [9.17, 15) is 9.59 Å². The molecule has 128 valence electrons. The number of hydrogen-bond donors (Lipinski definition) is 4. The fourth-order valence-corrected chi connectivity index (χ4v) is 2.58. The zero-order valence-electron chi connectivity index (χ0n) is 13.2. The van der Waals surface area contributed by atoms with Gasteiger partial charge < -0.3 is 21.4 Å². The van der Waals surface area contributed by atoms with Crippen LogP contribution in [0.4, 0.5) is 0 Å². The number of amides is 2. The Hall–Kier alpha value is -3.25. The van der Waals surface area contributed by atoms with E-state index in [0.717, 1.165) is 21.8 Å². The van der Waals surface area contributed by atoms with E-state index in [2.05, 4.69) is 9.97 Å². The maximum absolute atomic E-state index is 10.9. The molecule has 0 saturated heterocycles. The molecule has 2 aromatic carbocycles.